The second-order valence-corrected chi connectivity index (χ2v) is 5.80. The van der Waals surface area contributed by atoms with Gasteiger partial charge in [0.25, 0.3) is 0 Å². The van der Waals surface area contributed by atoms with E-state index < -0.39 is 0 Å². The van der Waals surface area contributed by atoms with Gasteiger partial charge in [0, 0.05) is 15.0 Å². The predicted octanol–water partition coefficient (Wildman–Crippen LogP) is 5.02. The van der Waals surface area contributed by atoms with E-state index >= 15 is 0 Å². The molecule has 0 spiro atoms. The molecule has 2 rings (SSSR count). The van der Waals surface area contributed by atoms with Crippen molar-refractivity contribution >= 4 is 31.9 Å². The average molecular weight is 371 g/mol. The fraction of sp³-hybridized carbons (Fsp3) is 0.143. The van der Waals surface area contributed by atoms with Crippen molar-refractivity contribution in [3.63, 3.8) is 0 Å². The molecule has 0 aliphatic heterocycles. The van der Waals surface area contributed by atoms with Crippen LogP contribution in [0.25, 0.3) is 0 Å². The second kappa shape index (κ2) is 5.87. The van der Waals surface area contributed by atoms with E-state index in [1.54, 1.807) is 0 Å². The van der Waals surface area contributed by atoms with Crippen LogP contribution in [0.15, 0.2) is 51.4 Å². The van der Waals surface area contributed by atoms with E-state index in [0.717, 1.165) is 26.0 Å². The summed E-state index contributed by atoms with van der Waals surface area (Å²) in [4.78, 5) is 0. The van der Waals surface area contributed by atoms with Gasteiger partial charge in [0.05, 0.1) is 0 Å². The van der Waals surface area contributed by atoms with E-state index in [-0.39, 0.29) is 6.04 Å². The fourth-order valence-electron chi connectivity index (χ4n) is 1.61. The standard InChI is InChI=1S/C14H13Br2NO/c1-9(17)13-6-5-12(8-14(13)16)18-11-4-2-3-10(15)7-11/h2-9H,17H2,1H3/t9-/m0/s1. The third-order valence-electron chi connectivity index (χ3n) is 2.49. The third-order valence-corrected chi connectivity index (χ3v) is 3.67. The first-order valence-corrected chi connectivity index (χ1v) is 7.13. The highest BCUT2D eigenvalue weighted by molar-refractivity contribution is 9.10. The van der Waals surface area contributed by atoms with Crippen LogP contribution in [0, 0.1) is 0 Å². The topological polar surface area (TPSA) is 35.2 Å². The Kier molecular flexibility index (Phi) is 4.43. The molecule has 0 radical (unpaired) electrons. The first kappa shape index (κ1) is 13.6. The predicted molar refractivity (Wildman–Crippen MR) is 81.0 cm³/mol. The van der Waals surface area contributed by atoms with Crippen molar-refractivity contribution in [2.45, 2.75) is 13.0 Å². The lowest BCUT2D eigenvalue weighted by Gasteiger charge is -2.11. The van der Waals surface area contributed by atoms with E-state index in [2.05, 4.69) is 31.9 Å². The zero-order chi connectivity index (χ0) is 13.1. The lowest BCUT2D eigenvalue weighted by molar-refractivity contribution is 0.481. The van der Waals surface area contributed by atoms with Gasteiger partial charge in [-0.2, -0.15) is 0 Å². The first-order valence-electron chi connectivity index (χ1n) is 5.54. The Balaban J connectivity index is 2.23. The molecule has 2 nitrogen and oxygen atoms in total. The van der Waals surface area contributed by atoms with Crippen LogP contribution >= 0.6 is 31.9 Å². The summed E-state index contributed by atoms with van der Waals surface area (Å²) in [5, 5.41) is 0. The second-order valence-electron chi connectivity index (χ2n) is 4.03. The molecule has 18 heavy (non-hydrogen) atoms. The molecule has 1 atom stereocenters. The molecule has 0 amide bonds. The largest absolute Gasteiger partial charge is 0.457 e. The van der Waals surface area contributed by atoms with Crippen molar-refractivity contribution in [1.29, 1.82) is 0 Å². The van der Waals surface area contributed by atoms with E-state index in [1.165, 1.54) is 0 Å². The van der Waals surface area contributed by atoms with Crippen LogP contribution < -0.4 is 10.5 Å². The van der Waals surface area contributed by atoms with Crippen molar-refractivity contribution in [2.24, 2.45) is 5.73 Å². The lowest BCUT2D eigenvalue weighted by Crippen LogP contribution is -2.05. The summed E-state index contributed by atoms with van der Waals surface area (Å²) < 4.78 is 7.73. The van der Waals surface area contributed by atoms with Crippen molar-refractivity contribution in [1.82, 2.24) is 0 Å². The molecule has 2 aromatic carbocycles. The normalized spacial score (nSPS) is 12.2. The minimum absolute atomic E-state index is 0.000653. The maximum Gasteiger partial charge on any atom is 0.128 e. The SMILES string of the molecule is C[C@H](N)c1ccc(Oc2cccc(Br)c2)cc1Br. The monoisotopic (exact) mass is 369 g/mol. The molecule has 0 bridgehead atoms. The number of hydrogen-bond acceptors (Lipinski definition) is 2. The number of halogens is 2. The van der Waals surface area contributed by atoms with Gasteiger partial charge in [-0.3, -0.25) is 0 Å². The third kappa shape index (κ3) is 3.34. The maximum absolute atomic E-state index is 5.86. The van der Waals surface area contributed by atoms with Gasteiger partial charge in [0.1, 0.15) is 11.5 Å². The van der Waals surface area contributed by atoms with E-state index in [1.807, 2.05) is 49.4 Å². The number of benzene rings is 2. The summed E-state index contributed by atoms with van der Waals surface area (Å²) in [5.74, 6) is 1.58. The first-order chi connectivity index (χ1) is 8.56. The summed E-state index contributed by atoms with van der Waals surface area (Å²) in [6.07, 6.45) is 0. The Morgan fingerprint density at radius 1 is 1.06 bits per heavy atom. The molecule has 0 unspecified atom stereocenters. The van der Waals surface area contributed by atoms with Gasteiger partial charge in [0.15, 0.2) is 0 Å². The van der Waals surface area contributed by atoms with Crippen LogP contribution in [0.5, 0.6) is 11.5 Å². The molecular formula is C14H13Br2NO. The van der Waals surface area contributed by atoms with Gasteiger partial charge in [-0.15, -0.1) is 0 Å². The molecule has 0 aliphatic carbocycles. The Morgan fingerprint density at radius 3 is 2.39 bits per heavy atom. The van der Waals surface area contributed by atoms with Crippen molar-refractivity contribution < 1.29 is 4.74 Å². The van der Waals surface area contributed by atoms with Gasteiger partial charge in [-0.1, -0.05) is 44.0 Å². The summed E-state index contributed by atoms with van der Waals surface area (Å²) in [7, 11) is 0. The zero-order valence-electron chi connectivity index (χ0n) is 9.86. The highest BCUT2D eigenvalue weighted by atomic mass is 79.9. The highest BCUT2D eigenvalue weighted by Crippen LogP contribution is 2.30. The Hall–Kier alpha value is -0.840. The summed E-state index contributed by atoms with van der Waals surface area (Å²) in [6.45, 7) is 1.95. The van der Waals surface area contributed by atoms with Crippen molar-refractivity contribution in [2.75, 3.05) is 0 Å². The molecule has 2 N–H and O–H groups in total. The van der Waals surface area contributed by atoms with Crippen molar-refractivity contribution in [3.8, 4) is 11.5 Å². The number of ether oxygens (including phenoxy) is 1. The van der Waals surface area contributed by atoms with E-state index in [9.17, 15) is 0 Å². The molecule has 0 heterocycles. The molecular weight excluding hydrogens is 358 g/mol. The minimum Gasteiger partial charge on any atom is -0.457 e. The van der Waals surface area contributed by atoms with Crippen LogP contribution in [0.3, 0.4) is 0 Å². The van der Waals surface area contributed by atoms with Gasteiger partial charge < -0.3 is 10.5 Å². The van der Waals surface area contributed by atoms with Crippen LogP contribution in [-0.2, 0) is 0 Å². The van der Waals surface area contributed by atoms with Gasteiger partial charge in [-0.05, 0) is 42.8 Å². The quantitative estimate of drug-likeness (QED) is 0.822. The summed E-state index contributed by atoms with van der Waals surface area (Å²) in [5.41, 5.74) is 6.93. The van der Waals surface area contributed by atoms with Gasteiger partial charge >= 0.3 is 0 Å². The van der Waals surface area contributed by atoms with E-state index in [0.29, 0.717) is 0 Å². The number of rotatable bonds is 3. The van der Waals surface area contributed by atoms with Crippen LogP contribution in [0.2, 0.25) is 0 Å². The van der Waals surface area contributed by atoms with Gasteiger partial charge in [0.2, 0.25) is 0 Å². The minimum atomic E-state index is -0.000653. The Bertz CT molecular complexity index is 555. The Morgan fingerprint density at radius 2 is 1.78 bits per heavy atom. The molecule has 0 saturated carbocycles. The molecule has 0 saturated heterocycles. The zero-order valence-corrected chi connectivity index (χ0v) is 13.0. The van der Waals surface area contributed by atoms with Crippen LogP contribution in [0.4, 0.5) is 0 Å². The number of nitrogens with two attached hydrogens (primary N) is 1. The van der Waals surface area contributed by atoms with Crippen LogP contribution in [-0.4, -0.2) is 0 Å². The fourth-order valence-corrected chi connectivity index (χ4v) is 2.70. The highest BCUT2D eigenvalue weighted by Gasteiger charge is 2.06. The smallest absolute Gasteiger partial charge is 0.128 e. The average Bonchev–Trinajstić information content (AvgIpc) is 2.28. The molecule has 94 valence electrons. The Labute approximate surface area is 123 Å². The van der Waals surface area contributed by atoms with Crippen LogP contribution in [0.1, 0.15) is 18.5 Å². The van der Waals surface area contributed by atoms with Gasteiger partial charge in [-0.25, -0.2) is 0 Å². The van der Waals surface area contributed by atoms with Crippen molar-refractivity contribution in [3.05, 3.63) is 57.0 Å². The lowest BCUT2D eigenvalue weighted by atomic mass is 10.1. The van der Waals surface area contributed by atoms with E-state index in [4.69, 9.17) is 10.5 Å². The summed E-state index contributed by atoms with van der Waals surface area (Å²) >= 11 is 6.92. The molecule has 0 fully saturated rings. The molecule has 0 aliphatic rings. The maximum atomic E-state index is 5.86. The molecule has 0 aromatic heterocycles. The molecule has 4 heteroatoms. The molecule has 2 aromatic rings. The summed E-state index contributed by atoms with van der Waals surface area (Å²) in [6, 6.07) is 13.6. The number of hydrogen-bond donors (Lipinski definition) is 1.